The molecule has 1 aromatic heterocycles. The Balaban J connectivity index is 1.40. The van der Waals surface area contributed by atoms with E-state index >= 15 is 0 Å². The van der Waals surface area contributed by atoms with Gasteiger partial charge in [-0.1, -0.05) is 0 Å². The smallest absolute Gasteiger partial charge is 0.248 e. The fourth-order valence-corrected chi connectivity index (χ4v) is 5.58. The number of hydrogen-bond acceptors (Lipinski definition) is 6. The number of amides is 2. The number of aromatic nitrogens is 1. The van der Waals surface area contributed by atoms with Crippen LogP contribution in [0.5, 0.6) is 0 Å². The summed E-state index contributed by atoms with van der Waals surface area (Å²) in [5, 5.41) is 13.6. The van der Waals surface area contributed by atoms with Crippen molar-refractivity contribution < 1.29 is 14.8 Å². The first-order valence-corrected chi connectivity index (χ1v) is 10.6. The third-order valence-corrected chi connectivity index (χ3v) is 7.86. The Kier molecular flexibility index (Phi) is 4.98. The maximum atomic E-state index is 13.1. The number of nitrogens with zero attached hydrogens (tertiary/aromatic N) is 2. The summed E-state index contributed by atoms with van der Waals surface area (Å²) in [6, 6.07) is -0.538. The average Bonchev–Trinajstić information content (AvgIpc) is 3.35. The van der Waals surface area contributed by atoms with Crippen LogP contribution in [0.1, 0.15) is 53.6 Å². The van der Waals surface area contributed by atoms with Crippen molar-refractivity contribution in [2.45, 2.75) is 57.9 Å². The molecular weight excluding hydrogens is 364 g/mol. The average molecular weight is 393 g/mol. The first-order valence-electron chi connectivity index (χ1n) is 9.82. The second-order valence-electron chi connectivity index (χ2n) is 8.44. The number of nitrogens with one attached hydrogen (secondary N) is 2. The van der Waals surface area contributed by atoms with Crippen molar-refractivity contribution in [3.63, 3.8) is 0 Å². The van der Waals surface area contributed by atoms with Gasteiger partial charge in [-0.3, -0.25) is 14.8 Å². The highest BCUT2D eigenvalue weighted by Gasteiger charge is 2.52. The Labute approximate surface area is 163 Å². The molecule has 1 aromatic rings. The Bertz CT molecular complexity index is 718. The quantitative estimate of drug-likeness (QED) is 0.538. The van der Waals surface area contributed by atoms with Crippen LogP contribution in [0.25, 0.3) is 0 Å². The largest absolute Gasteiger partial charge is 0.341 e. The standard InChI is InChI=1S/C19H28N4O3S/c1-11-12(2)27-17(21-11)13-3-7-23(8-4-13)18(25)15-14(16(24)22-26)9-19(5-6-19)10-20-15/h13-15,20,26H,3-10H2,1-2H3,(H,22,24). The molecule has 0 radical (unpaired) electrons. The molecule has 2 unspecified atom stereocenters. The molecule has 2 atom stereocenters. The van der Waals surface area contributed by atoms with E-state index in [1.54, 1.807) is 16.8 Å². The third kappa shape index (κ3) is 3.62. The molecule has 7 nitrogen and oxygen atoms in total. The van der Waals surface area contributed by atoms with Gasteiger partial charge in [0, 0.05) is 30.4 Å². The summed E-state index contributed by atoms with van der Waals surface area (Å²) in [6.07, 6.45) is 4.68. The van der Waals surface area contributed by atoms with Crippen LogP contribution in [0.3, 0.4) is 0 Å². The van der Waals surface area contributed by atoms with Crippen LogP contribution in [0.2, 0.25) is 0 Å². The first-order chi connectivity index (χ1) is 12.9. The molecule has 0 bridgehead atoms. The van der Waals surface area contributed by atoms with E-state index < -0.39 is 17.9 Å². The monoisotopic (exact) mass is 392 g/mol. The summed E-state index contributed by atoms with van der Waals surface area (Å²) >= 11 is 1.76. The minimum Gasteiger partial charge on any atom is -0.341 e. The van der Waals surface area contributed by atoms with Crippen molar-refractivity contribution in [3.8, 4) is 0 Å². The predicted molar refractivity (Wildman–Crippen MR) is 102 cm³/mol. The lowest BCUT2D eigenvalue weighted by molar-refractivity contribution is -0.145. The topological polar surface area (TPSA) is 94.6 Å². The van der Waals surface area contributed by atoms with Gasteiger partial charge in [-0.15, -0.1) is 11.3 Å². The van der Waals surface area contributed by atoms with Crippen LogP contribution in [0, 0.1) is 25.2 Å². The van der Waals surface area contributed by atoms with Gasteiger partial charge in [-0.2, -0.15) is 0 Å². The van der Waals surface area contributed by atoms with Gasteiger partial charge in [-0.25, -0.2) is 10.5 Å². The van der Waals surface area contributed by atoms with Gasteiger partial charge in [0.05, 0.1) is 22.7 Å². The molecule has 3 heterocycles. The summed E-state index contributed by atoms with van der Waals surface area (Å²) in [7, 11) is 0. The zero-order valence-corrected chi connectivity index (χ0v) is 16.8. The predicted octanol–water partition coefficient (Wildman–Crippen LogP) is 1.73. The van der Waals surface area contributed by atoms with E-state index in [9.17, 15) is 9.59 Å². The first kappa shape index (κ1) is 18.8. The molecule has 3 N–H and O–H groups in total. The van der Waals surface area contributed by atoms with Gasteiger partial charge in [-0.05, 0) is 51.4 Å². The minimum absolute atomic E-state index is 0.0101. The fraction of sp³-hybridized carbons (Fsp3) is 0.737. The van der Waals surface area contributed by atoms with Crippen molar-refractivity contribution in [1.29, 1.82) is 0 Å². The lowest BCUT2D eigenvalue weighted by Gasteiger charge is -2.39. The molecule has 1 aliphatic carbocycles. The van der Waals surface area contributed by atoms with E-state index in [4.69, 9.17) is 5.21 Å². The molecule has 2 aliphatic heterocycles. The van der Waals surface area contributed by atoms with E-state index in [-0.39, 0.29) is 11.3 Å². The Morgan fingerprint density at radius 1 is 1.30 bits per heavy atom. The summed E-state index contributed by atoms with van der Waals surface area (Å²) in [6.45, 7) is 6.31. The fourth-order valence-electron chi connectivity index (χ4n) is 4.49. The molecule has 3 aliphatic rings. The Morgan fingerprint density at radius 3 is 2.56 bits per heavy atom. The molecule has 0 aromatic carbocycles. The molecule has 4 rings (SSSR count). The highest BCUT2D eigenvalue weighted by Crippen LogP contribution is 2.52. The number of hydroxylamine groups is 1. The number of rotatable bonds is 3. The number of aryl methyl sites for hydroxylation is 2. The van der Waals surface area contributed by atoms with E-state index in [0.29, 0.717) is 25.4 Å². The number of carbonyl (C=O) groups is 2. The van der Waals surface area contributed by atoms with Crippen molar-refractivity contribution in [2.24, 2.45) is 11.3 Å². The van der Waals surface area contributed by atoms with Crippen LogP contribution >= 0.6 is 11.3 Å². The van der Waals surface area contributed by atoms with Crippen molar-refractivity contribution in [1.82, 2.24) is 20.7 Å². The Hall–Kier alpha value is -1.51. The van der Waals surface area contributed by atoms with E-state index in [0.717, 1.165) is 37.9 Å². The number of carbonyl (C=O) groups excluding carboxylic acids is 2. The van der Waals surface area contributed by atoms with Crippen LogP contribution in [-0.2, 0) is 9.59 Å². The second kappa shape index (κ2) is 7.14. The molecule has 3 fully saturated rings. The maximum absolute atomic E-state index is 13.1. The number of likely N-dealkylation sites (tertiary alicyclic amines) is 1. The number of thiazole rings is 1. The van der Waals surface area contributed by atoms with Crippen LogP contribution < -0.4 is 10.8 Å². The van der Waals surface area contributed by atoms with Gasteiger partial charge < -0.3 is 10.2 Å². The highest BCUT2D eigenvalue weighted by molar-refractivity contribution is 7.11. The molecule has 148 valence electrons. The summed E-state index contributed by atoms with van der Waals surface area (Å²) < 4.78 is 0. The highest BCUT2D eigenvalue weighted by atomic mass is 32.1. The molecule has 1 spiro atoms. The van der Waals surface area contributed by atoms with Gasteiger partial charge in [0.1, 0.15) is 0 Å². The molecule has 2 amide bonds. The van der Waals surface area contributed by atoms with Gasteiger partial charge >= 0.3 is 0 Å². The molecule has 1 saturated carbocycles. The van der Waals surface area contributed by atoms with E-state index in [1.807, 2.05) is 11.8 Å². The molecule has 8 heteroatoms. The maximum Gasteiger partial charge on any atom is 0.248 e. The van der Waals surface area contributed by atoms with Crippen LogP contribution in [0.15, 0.2) is 0 Å². The van der Waals surface area contributed by atoms with Crippen molar-refractivity contribution in [2.75, 3.05) is 19.6 Å². The van der Waals surface area contributed by atoms with Crippen LogP contribution in [-0.4, -0.2) is 52.6 Å². The lowest BCUT2D eigenvalue weighted by atomic mass is 9.81. The van der Waals surface area contributed by atoms with Crippen molar-refractivity contribution >= 4 is 23.2 Å². The lowest BCUT2D eigenvalue weighted by Crippen LogP contribution is -2.59. The Morgan fingerprint density at radius 2 is 2.00 bits per heavy atom. The minimum atomic E-state index is -0.538. The third-order valence-electron chi connectivity index (χ3n) is 6.62. The van der Waals surface area contributed by atoms with Crippen molar-refractivity contribution in [3.05, 3.63) is 15.6 Å². The normalized spacial score (nSPS) is 27.6. The van der Waals surface area contributed by atoms with Gasteiger partial charge in [0.15, 0.2) is 0 Å². The van der Waals surface area contributed by atoms with Gasteiger partial charge in [0.2, 0.25) is 11.8 Å². The zero-order chi connectivity index (χ0) is 19.2. The molecular formula is C19H28N4O3S. The van der Waals surface area contributed by atoms with E-state index in [1.165, 1.54) is 9.88 Å². The number of piperidine rings is 2. The summed E-state index contributed by atoms with van der Waals surface area (Å²) in [5.41, 5.74) is 3.03. The van der Waals surface area contributed by atoms with Gasteiger partial charge in [0.25, 0.3) is 0 Å². The number of hydrogen-bond donors (Lipinski definition) is 3. The van der Waals surface area contributed by atoms with E-state index in [2.05, 4.69) is 17.2 Å². The molecule has 2 saturated heterocycles. The summed E-state index contributed by atoms with van der Waals surface area (Å²) in [5.74, 6) is -0.544. The second-order valence-corrected chi connectivity index (χ2v) is 9.67. The van der Waals surface area contributed by atoms with Crippen LogP contribution in [0.4, 0.5) is 0 Å². The SMILES string of the molecule is Cc1nc(C2CCN(C(=O)C3NCC4(CC4)CC3C(=O)NO)CC2)sc1C. The zero-order valence-electron chi connectivity index (χ0n) is 16.0. The molecule has 27 heavy (non-hydrogen) atoms. The summed E-state index contributed by atoms with van der Waals surface area (Å²) in [4.78, 5) is 33.1.